The highest BCUT2D eigenvalue weighted by atomic mass is 19.1. The van der Waals surface area contributed by atoms with E-state index in [1.807, 2.05) is 27.2 Å². The monoisotopic (exact) mass is 515 g/mol. The number of hydrogen-bond donors (Lipinski definition) is 4. The van der Waals surface area contributed by atoms with Gasteiger partial charge >= 0.3 is 0 Å². The normalized spacial score (nSPS) is 15.6. The molecule has 10 heteroatoms. The summed E-state index contributed by atoms with van der Waals surface area (Å²) in [5.74, 6) is 0.661. The van der Waals surface area contributed by atoms with E-state index in [2.05, 4.69) is 53.3 Å². The van der Waals surface area contributed by atoms with Crippen molar-refractivity contribution >= 4 is 35.1 Å². The highest BCUT2D eigenvalue weighted by Gasteiger charge is 2.19. The van der Waals surface area contributed by atoms with Gasteiger partial charge < -0.3 is 20.5 Å². The number of H-pyrrole nitrogens is 2. The van der Waals surface area contributed by atoms with Crippen LogP contribution in [0.2, 0.25) is 0 Å². The first-order valence-corrected chi connectivity index (χ1v) is 12.9. The molecule has 38 heavy (non-hydrogen) atoms. The summed E-state index contributed by atoms with van der Waals surface area (Å²) in [5, 5.41) is 15.8. The molecule has 5 rings (SSSR count). The minimum atomic E-state index is -0.321. The summed E-state index contributed by atoms with van der Waals surface area (Å²) in [6, 6.07) is 4.93. The third kappa shape index (κ3) is 5.51. The van der Waals surface area contributed by atoms with Gasteiger partial charge in [0.15, 0.2) is 5.82 Å². The van der Waals surface area contributed by atoms with Crippen LogP contribution in [0.5, 0.6) is 0 Å². The smallest absolute Gasteiger partial charge is 0.159 e. The molecule has 1 aliphatic heterocycles. The molecule has 4 N–H and O–H groups in total. The molecule has 0 bridgehead atoms. The lowest BCUT2D eigenvalue weighted by atomic mass is 9.92. The number of likely N-dealkylation sites (N-methyl/N-ethyl adjacent to an activating group) is 1. The first-order valence-electron chi connectivity index (χ1n) is 12.9. The Hall–Kier alpha value is -3.89. The van der Waals surface area contributed by atoms with Gasteiger partial charge in [-0.2, -0.15) is 5.10 Å². The van der Waals surface area contributed by atoms with Crippen molar-refractivity contribution in [3.8, 4) is 22.6 Å². The van der Waals surface area contributed by atoms with Crippen molar-refractivity contribution in [3.63, 3.8) is 0 Å². The molecule has 198 valence electrons. The maximum Gasteiger partial charge on any atom is 0.159 e. The van der Waals surface area contributed by atoms with Crippen LogP contribution < -0.4 is 21.2 Å². The van der Waals surface area contributed by atoms with E-state index in [0.717, 1.165) is 54.5 Å². The van der Waals surface area contributed by atoms with Crippen molar-refractivity contribution in [3.05, 3.63) is 47.0 Å². The third-order valence-corrected chi connectivity index (χ3v) is 6.91. The summed E-state index contributed by atoms with van der Waals surface area (Å²) < 4.78 is 14.6. The average molecular weight is 516 g/mol. The van der Waals surface area contributed by atoms with E-state index in [-0.39, 0.29) is 5.82 Å². The number of rotatable bonds is 8. The number of anilines is 1. The first kappa shape index (κ1) is 25.7. The van der Waals surface area contributed by atoms with Crippen molar-refractivity contribution < 1.29 is 4.39 Å². The van der Waals surface area contributed by atoms with Gasteiger partial charge in [-0.1, -0.05) is 6.58 Å². The minimum absolute atomic E-state index is 0.321. The number of benzene rings is 1. The fourth-order valence-electron chi connectivity index (χ4n) is 4.88. The predicted molar refractivity (Wildman–Crippen MR) is 152 cm³/mol. The van der Waals surface area contributed by atoms with Crippen LogP contribution in [0.15, 0.2) is 35.6 Å². The molecule has 0 aliphatic carbocycles. The topological polar surface area (TPSA) is 110 Å². The van der Waals surface area contributed by atoms with Crippen molar-refractivity contribution in [2.45, 2.75) is 12.8 Å². The molecule has 1 fully saturated rings. The van der Waals surface area contributed by atoms with Gasteiger partial charge in [0.05, 0.1) is 22.6 Å². The second-order valence-electron chi connectivity index (χ2n) is 9.91. The number of nitrogens with one attached hydrogen (secondary N) is 4. The Bertz CT molecular complexity index is 1560. The zero-order valence-electron chi connectivity index (χ0n) is 22.1. The summed E-state index contributed by atoms with van der Waals surface area (Å²) in [5.41, 5.74) is 5.29. The molecular weight excluding hydrogens is 481 g/mol. The Balaban J connectivity index is 1.53. The van der Waals surface area contributed by atoms with Gasteiger partial charge in [0.1, 0.15) is 11.5 Å². The van der Waals surface area contributed by atoms with Crippen LogP contribution in [0.25, 0.3) is 46.3 Å². The Labute approximate surface area is 221 Å². The number of hydrogen-bond acceptors (Lipinski definition) is 7. The van der Waals surface area contributed by atoms with E-state index >= 15 is 0 Å². The van der Waals surface area contributed by atoms with Gasteiger partial charge in [-0.05, 0) is 69.9 Å². The number of aromatic amines is 2. The number of nitrogens with zero attached hydrogens (tertiary/aromatic N) is 5. The third-order valence-electron chi connectivity index (χ3n) is 6.91. The number of piperidine rings is 1. The van der Waals surface area contributed by atoms with Gasteiger partial charge in [-0.3, -0.25) is 15.1 Å². The number of fused-ring (bicyclic) bond motifs is 1. The van der Waals surface area contributed by atoms with Crippen LogP contribution in [-0.4, -0.2) is 83.1 Å². The molecule has 0 saturated carbocycles. The SMILES string of the molecule is C=c1[nH]nc(-c2nc3c(-c4cc(F)cc(NCCN(C)C)c4)cncc3[nH]2)/c1=C/C(=NC)C1CCNCC1. The molecule has 0 radical (unpaired) electrons. The zero-order chi connectivity index (χ0) is 26.6. The average Bonchev–Trinajstić information content (AvgIpc) is 3.50. The van der Waals surface area contributed by atoms with E-state index in [4.69, 9.17) is 4.98 Å². The summed E-state index contributed by atoms with van der Waals surface area (Å²) in [7, 11) is 5.84. The second kappa shape index (κ2) is 11.2. The van der Waals surface area contributed by atoms with Gasteiger partial charge in [0.2, 0.25) is 0 Å². The van der Waals surface area contributed by atoms with Crippen molar-refractivity contribution in [2.24, 2.45) is 10.9 Å². The quantitative estimate of drug-likeness (QED) is 0.268. The molecule has 0 unspecified atom stereocenters. The number of pyridine rings is 1. The van der Waals surface area contributed by atoms with Gasteiger partial charge in [0.25, 0.3) is 0 Å². The molecule has 0 amide bonds. The summed E-state index contributed by atoms with van der Waals surface area (Å²) in [6.07, 6.45) is 7.60. The first-order chi connectivity index (χ1) is 18.4. The Morgan fingerprint density at radius 3 is 2.82 bits per heavy atom. The van der Waals surface area contributed by atoms with Crippen LogP contribution in [0.1, 0.15) is 12.8 Å². The number of aliphatic imine (C=N–C) groups is 1. The van der Waals surface area contributed by atoms with Crippen molar-refractivity contribution in [1.29, 1.82) is 0 Å². The lowest BCUT2D eigenvalue weighted by Gasteiger charge is -2.22. The summed E-state index contributed by atoms with van der Waals surface area (Å²) in [6.45, 7) is 7.67. The summed E-state index contributed by atoms with van der Waals surface area (Å²) >= 11 is 0. The molecule has 1 aliphatic rings. The predicted octanol–water partition coefficient (Wildman–Crippen LogP) is 2.39. The molecule has 1 saturated heterocycles. The van der Waals surface area contributed by atoms with Gasteiger partial charge in [-0.25, -0.2) is 9.37 Å². The highest BCUT2D eigenvalue weighted by molar-refractivity contribution is 6.12. The second-order valence-corrected chi connectivity index (χ2v) is 9.91. The van der Waals surface area contributed by atoms with Gasteiger partial charge in [-0.15, -0.1) is 0 Å². The molecular formula is C28H34FN9. The van der Waals surface area contributed by atoms with E-state index < -0.39 is 0 Å². The Morgan fingerprint density at radius 2 is 2.05 bits per heavy atom. The summed E-state index contributed by atoms with van der Waals surface area (Å²) in [4.78, 5) is 19.3. The fraction of sp³-hybridized carbons (Fsp3) is 0.357. The minimum Gasteiger partial charge on any atom is -0.384 e. The molecule has 1 aromatic carbocycles. The van der Waals surface area contributed by atoms with Crippen molar-refractivity contribution in [1.82, 2.24) is 35.4 Å². The highest BCUT2D eigenvalue weighted by Crippen LogP contribution is 2.30. The fourth-order valence-corrected chi connectivity index (χ4v) is 4.88. The Kier molecular flexibility index (Phi) is 7.62. The van der Waals surface area contributed by atoms with E-state index in [0.29, 0.717) is 46.1 Å². The molecule has 4 heterocycles. The lowest BCUT2D eigenvalue weighted by molar-refractivity contribution is 0.425. The largest absolute Gasteiger partial charge is 0.384 e. The standard InChI is InChI=1S/C28H34FN9/c1-17-22(14-24(30-2)18-5-7-31-8-6-18)27(37-36-17)28-34-25-16-32-15-23(26(25)35-28)19-11-20(29)13-21(12-19)33-9-10-38(3)4/h11-16,18,31,33,36H,1,5-10H2,2-4H3,(H,34,35)/b22-14+,30-24?. The van der Waals surface area contributed by atoms with Crippen LogP contribution in [0, 0.1) is 11.7 Å². The van der Waals surface area contributed by atoms with E-state index in [1.54, 1.807) is 12.4 Å². The Morgan fingerprint density at radius 1 is 1.24 bits per heavy atom. The van der Waals surface area contributed by atoms with E-state index in [1.165, 1.54) is 12.1 Å². The van der Waals surface area contributed by atoms with Crippen LogP contribution in [0.4, 0.5) is 10.1 Å². The van der Waals surface area contributed by atoms with Gasteiger partial charge in [0, 0.05) is 54.4 Å². The number of imidazole rings is 1. The molecule has 0 atom stereocenters. The maximum atomic E-state index is 14.6. The lowest BCUT2D eigenvalue weighted by Crippen LogP contribution is -2.33. The van der Waals surface area contributed by atoms with Crippen LogP contribution in [-0.2, 0) is 0 Å². The molecule has 4 aromatic rings. The zero-order valence-corrected chi connectivity index (χ0v) is 22.1. The van der Waals surface area contributed by atoms with Crippen molar-refractivity contribution in [2.75, 3.05) is 52.6 Å². The van der Waals surface area contributed by atoms with Crippen LogP contribution >= 0.6 is 0 Å². The van der Waals surface area contributed by atoms with E-state index in [9.17, 15) is 4.39 Å². The number of aromatic nitrogens is 5. The molecule has 3 aromatic heterocycles. The number of halogens is 1. The molecule has 0 spiro atoms. The molecule has 9 nitrogen and oxygen atoms in total. The maximum absolute atomic E-state index is 14.6. The van der Waals surface area contributed by atoms with Crippen LogP contribution in [0.3, 0.4) is 0 Å².